The van der Waals surface area contributed by atoms with Crippen molar-refractivity contribution in [3.63, 3.8) is 0 Å². The van der Waals surface area contributed by atoms with Crippen LogP contribution in [-0.2, 0) is 9.84 Å². The summed E-state index contributed by atoms with van der Waals surface area (Å²) >= 11 is 3.32. The highest BCUT2D eigenvalue weighted by Gasteiger charge is 2.27. The van der Waals surface area contributed by atoms with Crippen molar-refractivity contribution in [1.82, 2.24) is 5.32 Å². The third-order valence-corrected chi connectivity index (χ3v) is 5.91. The van der Waals surface area contributed by atoms with Gasteiger partial charge in [-0.25, -0.2) is 8.42 Å². The molecule has 1 unspecified atom stereocenters. The maximum Gasteiger partial charge on any atom is 0.181 e. The van der Waals surface area contributed by atoms with Crippen molar-refractivity contribution in [2.75, 3.05) is 13.1 Å². The van der Waals surface area contributed by atoms with Crippen LogP contribution in [0.2, 0.25) is 0 Å². The first-order chi connectivity index (χ1) is 8.10. The summed E-state index contributed by atoms with van der Waals surface area (Å²) in [5.74, 6) is 0. The number of nitrogens with one attached hydrogen (secondary N) is 1. The van der Waals surface area contributed by atoms with E-state index in [0.29, 0.717) is 11.3 Å². The van der Waals surface area contributed by atoms with E-state index < -0.39 is 9.84 Å². The quantitative estimate of drug-likeness (QED) is 0.910. The van der Waals surface area contributed by atoms with Crippen molar-refractivity contribution in [2.45, 2.75) is 29.4 Å². The molecule has 3 nitrogen and oxygen atoms in total. The van der Waals surface area contributed by atoms with Crippen LogP contribution in [0, 0.1) is 0 Å². The Kier molecular flexibility index (Phi) is 4.22. The monoisotopic (exact) mass is 317 g/mol. The van der Waals surface area contributed by atoms with E-state index in [9.17, 15) is 8.42 Å². The van der Waals surface area contributed by atoms with E-state index in [1.54, 1.807) is 24.3 Å². The molecule has 1 atom stereocenters. The van der Waals surface area contributed by atoms with E-state index >= 15 is 0 Å². The predicted molar refractivity (Wildman–Crippen MR) is 71.8 cm³/mol. The Morgan fingerprint density at radius 1 is 1.12 bits per heavy atom. The second-order valence-corrected chi connectivity index (χ2v) is 7.45. The molecule has 0 aliphatic carbocycles. The molecule has 1 aliphatic heterocycles. The molecule has 1 aromatic carbocycles. The maximum atomic E-state index is 12.4. The number of rotatable bonds is 2. The fourth-order valence-corrected chi connectivity index (χ4v) is 4.18. The molecule has 0 saturated carbocycles. The van der Waals surface area contributed by atoms with Gasteiger partial charge in [-0.1, -0.05) is 15.9 Å². The summed E-state index contributed by atoms with van der Waals surface area (Å²) < 4.78 is 25.7. The Bertz CT molecular complexity index is 462. The van der Waals surface area contributed by atoms with Crippen molar-refractivity contribution in [1.29, 1.82) is 0 Å². The first kappa shape index (κ1) is 13.1. The summed E-state index contributed by atoms with van der Waals surface area (Å²) in [6, 6.07) is 6.92. The zero-order chi connectivity index (χ0) is 12.3. The topological polar surface area (TPSA) is 46.2 Å². The summed E-state index contributed by atoms with van der Waals surface area (Å²) in [6.07, 6.45) is 2.39. The largest absolute Gasteiger partial charge is 0.317 e. The molecule has 94 valence electrons. The smallest absolute Gasteiger partial charge is 0.181 e. The summed E-state index contributed by atoms with van der Waals surface area (Å²) in [6.45, 7) is 1.72. The van der Waals surface area contributed by atoms with Crippen LogP contribution < -0.4 is 5.32 Å². The second kappa shape index (κ2) is 5.50. The van der Waals surface area contributed by atoms with Crippen molar-refractivity contribution in [3.8, 4) is 0 Å². The molecule has 1 heterocycles. The van der Waals surface area contributed by atoms with Crippen LogP contribution in [0.4, 0.5) is 0 Å². The Morgan fingerprint density at radius 2 is 1.82 bits per heavy atom. The second-order valence-electron chi connectivity index (χ2n) is 4.30. The number of hydrogen-bond donors (Lipinski definition) is 1. The van der Waals surface area contributed by atoms with E-state index in [1.165, 1.54) is 0 Å². The summed E-state index contributed by atoms with van der Waals surface area (Å²) in [5.41, 5.74) is 0. The number of halogens is 1. The van der Waals surface area contributed by atoms with Crippen LogP contribution in [0.5, 0.6) is 0 Å². The minimum atomic E-state index is -3.16. The summed E-state index contributed by atoms with van der Waals surface area (Å²) in [5, 5.41) is 3.00. The lowest BCUT2D eigenvalue weighted by molar-refractivity contribution is 0.566. The maximum absolute atomic E-state index is 12.4. The zero-order valence-corrected chi connectivity index (χ0v) is 11.9. The fraction of sp³-hybridized carbons (Fsp3) is 0.500. The molecule has 1 fully saturated rings. The van der Waals surface area contributed by atoms with Crippen molar-refractivity contribution in [3.05, 3.63) is 28.7 Å². The van der Waals surface area contributed by atoms with E-state index in [-0.39, 0.29) is 5.25 Å². The van der Waals surface area contributed by atoms with Gasteiger partial charge in [-0.2, -0.15) is 0 Å². The highest BCUT2D eigenvalue weighted by molar-refractivity contribution is 9.10. The average Bonchev–Trinajstić information content (AvgIpc) is 2.58. The molecule has 5 heteroatoms. The highest BCUT2D eigenvalue weighted by atomic mass is 79.9. The van der Waals surface area contributed by atoms with Gasteiger partial charge in [0.1, 0.15) is 0 Å². The van der Waals surface area contributed by atoms with Gasteiger partial charge in [0.25, 0.3) is 0 Å². The Hall–Kier alpha value is -0.390. The molecule has 0 bridgehead atoms. The fourth-order valence-electron chi connectivity index (χ4n) is 2.11. The lowest BCUT2D eigenvalue weighted by atomic mass is 10.2. The zero-order valence-electron chi connectivity index (χ0n) is 9.52. The van der Waals surface area contributed by atoms with E-state index in [1.807, 2.05) is 0 Å². The molecule has 1 aliphatic rings. The normalized spacial score (nSPS) is 22.1. The lowest BCUT2D eigenvalue weighted by Gasteiger charge is -2.14. The minimum Gasteiger partial charge on any atom is -0.317 e. The van der Waals surface area contributed by atoms with E-state index in [2.05, 4.69) is 21.2 Å². The van der Waals surface area contributed by atoms with E-state index in [0.717, 1.165) is 30.4 Å². The third kappa shape index (κ3) is 3.09. The predicted octanol–water partition coefficient (Wildman–Crippen LogP) is 2.36. The Labute approximate surface area is 111 Å². The average molecular weight is 318 g/mol. The van der Waals surface area contributed by atoms with Gasteiger partial charge in [-0.05, 0) is 56.6 Å². The van der Waals surface area contributed by atoms with Gasteiger partial charge in [-0.15, -0.1) is 0 Å². The molecule has 1 saturated heterocycles. The van der Waals surface area contributed by atoms with Gasteiger partial charge < -0.3 is 5.32 Å². The van der Waals surface area contributed by atoms with Gasteiger partial charge in [0.05, 0.1) is 10.1 Å². The van der Waals surface area contributed by atoms with Gasteiger partial charge in [0.2, 0.25) is 0 Å². The Balaban J connectivity index is 2.25. The lowest BCUT2D eigenvalue weighted by Crippen LogP contribution is -2.23. The van der Waals surface area contributed by atoms with Gasteiger partial charge in [0, 0.05) is 4.47 Å². The first-order valence-corrected chi connectivity index (χ1v) is 8.15. The van der Waals surface area contributed by atoms with Crippen molar-refractivity contribution in [2.24, 2.45) is 0 Å². The molecule has 1 aromatic rings. The van der Waals surface area contributed by atoms with Crippen LogP contribution in [0.3, 0.4) is 0 Å². The number of benzene rings is 1. The summed E-state index contributed by atoms with van der Waals surface area (Å²) in [4.78, 5) is 0.438. The molecule has 0 radical (unpaired) electrons. The molecule has 2 rings (SSSR count). The number of sulfone groups is 1. The van der Waals surface area contributed by atoms with Gasteiger partial charge in [0.15, 0.2) is 9.84 Å². The molecular formula is C12H16BrNO2S. The molecule has 1 N–H and O–H groups in total. The van der Waals surface area contributed by atoms with Crippen LogP contribution >= 0.6 is 15.9 Å². The van der Waals surface area contributed by atoms with Gasteiger partial charge >= 0.3 is 0 Å². The Morgan fingerprint density at radius 3 is 2.53 bits per heavy atom. The van der Waals surface area contributed by atoms with Crippen LogP contribution in [0.25, 0.3) is 0 Å². The molecule has 0 aromatic heterocycles. The molecule has 17 heavy (non-hydrogen) atoms. The van der Waals surface area contributed by atoms with E-state index in [4.69, 9.17) is 0 Å². The SMILES string of the molecule is O=S(=O)(c1ccc(Br)cc1)C1CCCNCC1. The summed E-state index contributed by atoms with van der Waals surface area (Å²) in [7, 11) is -3.16. The molecule has 0 spiro atoms. The highest BCUT2D eigenvalue weighted by Crippen LogP contribution is 2.24. The number of hydrogen-bond acceptors (Lipinski definition) is 3. The third-order valence-electron chi connectivity index (χ3n) is 3.10. The van der Waals surface area contributed by atoms with Crippen LogP contribution in [0.15, 0.2) is 33.6 Å². The molecular weight excluding hydrogens is 302 g/mol. The van der Waals surface area contributed by atoms with Crippen LogP contribution in [-0.4, -0.2) is 26.8 Å². The van der Waals surface area contributed by atoms with Crippen LogP contribution in [0.1, 0.15) is 19.3 Å². The molecule has 0 amide bonds. The van der Waals surface area contributed by atoms with Gasteiger partial charge in [-0.3, -0.25) is 0 Å². The first-order valence-electron chi connectivity index (χ1n) is 5.81. The standard InChI is InChI=1S/C12H16BrNO2S/c13-10-3-5-12(6-4-10)17(15,16)11-2-1-8-14-9-7-11/h3-6,11,14H,1-2,7-9H2. The van der Waals surface area contributed by atoms with Crippen molar-refractivity contribution >= 4 is 25.8 Å². The minimum absolute atomic E-state index is 0.237. The van der Waals surface area contributed by atoms with Crippen molar-refractivity contribution < 1.29 is 8.42 Å².